The maximum Gasteiger partial charge on any atom is 0.229 e. The summed E-state index contributed by atoms with van der Waals surface area (Å²) in [6, 6.07) is 10.2. The summed E-state index contributed by atoms with van der Waals surface area (Å²) < 4.78 is 18.8. The number of benzene rings is 2. The predicted octanol–water partition coefficient (Wildman–Crippen LogP) is 4.51. The molecular weight excluding hydrogens is 267 g/mol. The van der Waals surface area contributed by atoms with Crippen molar-refractivity contribution >= 4 is 16.8 Å². The fourth-order valence-electron chi connectivity index (χ4n) is 2.24. The van der Waals surface area contributed by atoms with Gasteiger partial charge in [-0.15, -0.1) is 0 Å². The minimum Gasteiger partial charge on any atom is -0.436 e. The molecule has 0 unspecified atom stereocenters. The van der Waals surface area contributed by atoms with Crippen molar-refractivity contribution in [3.63, 3.8) is 0 Å². The van der Waals surface area contributed by atoms with Crippen molar-refractivity contribution in [1.29, 1.82) is 0 Å². The van der Waals surface area contributed by atoms with E-state index in [9.17, 15) is 4.39 Å². The number of hydrogen-bond acceptors (Lipinski definition) is 3. The standard InChI is InChI=1S/C17H17FN2O/c1-17(2,3)10-4-7-15-14(8-10)20-16(21-15)12-6-5-11(18)9-13(12)19/h4-9H,19H2,1-3H3. The van der Waals surface area contributed by atoms with Crippen LogP contribution in [0.3, 0.4) is 0 Å². The van der Waals surface area contributed by atoms with Crippen LogP contribution in [0, 0.1) is 5.82 Å². The highest BCUT2D eigenvalue weighted by Gasteiger charge is 2.17. The Morgan fingerprint density at radius 3 is 2.52 bits per heavy atom. The maximum absolute atomic E-state index is 13.1. The lowest BCUT2D eigenvalue weighted by Crippen LogP contribution is -2.10. The van der Waals surface area contributed by atoms with Crippen LogP contribution in [0.5, 0.6) is 0 Å². The Labute approximate surface area is 122 Å². The zero-order chi connectivity index (χ0) is 15.2. The van der Waals surface area contributed by atoms with E-state index in [2.05, 4.69) is 25.8 Å². The summed E-state index contributed by atoms with van der Waals surface area (Å²) in [6.07, 6.45) is 0. The van der Waals surface area contributed by atoms with E-state index in [1.165, 1.54) is 17.7 Å². The molecule has 0 atom stereocenters. The van der Waals surface area contributed by atoms with Crippen LogP contribution in [-0.2, 0) is 5.41 Å². The molecule has 0 spiro atoms. The molecule has 0 bridgehead atoms. The van der Waals surface area contributed by atoms with Crippen LogP contribution in [-0.4, -0.2) is 4.98 Å². The number of oxazole rings is 1. The first-order chi connectivity index (χ1) is 9.84. The van der Waals surface area contributed by atoms with Crippen molar-refractivity contribution in [2.24, 2.45) is 0 Å². The van der Waals surface area contributed by atoms with Crippen LogP contribution in [0.4, 0.5) is 10.1 Å². The van der Waals surface area contributed by atoms with Gasteiger partial charge in [-0.05, 0) is 41.3 Å². The molecular formula is C17H17FN2O. The number of hydrogen-bond donors (Lipinski definition) is 1. The van der Waals surface area contributed by atoms with E-state index in [1.54, 1.807) is 6.07 Å². The zero-order valence-electron chi connectivity index (χ0n) is 12.3. The van der Waals surface area contributed by atoms with Crippen molar-refractivity contribution in [3.05, 3.63) is 47.8 Å². The van der Waals surface area contributed by atoms with E-state index in [-0.39, 0.29) is 11.2 Å². The summed E-state index contributed by atoms with van der Waals surface area (Å²) in [5, 5.41) is 0. The molecule has 3 aromatic rings. The first-order valence-corrected chi connectivity index (χ1v) is 6.81. The topological polar surface area (TPSA) is 52.0 Å². The first-order valence-electron chi connectivity index (χ1n) is 6.81. The smallest absolute Gasteiger partial charge is 0.229 e. The molecule has 2 N–H and O–H groups in total. The van der Waals surface area contributed by atoms with E-state index in [0.717, 1.165) is 5.52 Å². The van der Waals surface area contributed by atoms with Crippen molar-refractivity contribution in [2.45, 2.75) is 26.2 Å². The molecule has 3 nitrogen and oxygen atoms in total. The minimum absolute atomic E-state index is 0.0439. The Morgan fingerprint density at radius 1 is 1.10 bits per heavy atom. The molecule has 0 aliphatic rings. The highest BCUT2D eigenvalue weighted by molar-refractivity contribution is 5.80. The fraction of sp³-hybridized carbons (Fsp3) is 0.235. The highest BCUT2D eigenvalue weighted by atomic mass is 19.1. The Bertz CT molecular complexity index is 815. The maximum atomic E-state index is 13.1. The van der Waals surface area contributed by atoms with Gasteiger partial charge >= 0.3 is 0 Å². The Balaban J connectivity index is 2.13. The molecule has 0 saturated heterocycles. The predicted molar refractivity (Wildman–Crippen MR) is 82.5 cm³/mol. The van der Waals surface area contributed by atoms with Gasteiger partial charge in [0.25, 0.3) is 0 Å². The van der Waals surface area contributed by atoms with E-state index < -0.39 is 0 Å². The molecule has 0 aliphatic carbocycles. The summed E-state index contributed by atoms with van der Waals surface area (Å²) in [7, 11) is 0. The van der Waals surface area contributed by atoms with Gasteiger partial charge in [-0.1, -0.05) is 26.8 Å². The summed E-state index contributed by atoms with van der Waals surface area (Å²) in [5.41, 5.74) is 9.45. The summed E-state index contributed by atoms with van der Waals surface area (Å²) in [6.45, 7) is 6.44. The number of nitrogens with zero attached hydrogens (tertiary/aromatic N) is 1. The zero-order valence-corrected chi connectivity index (χ0v) is 12.3. The lowest BCUT2D eigenvalue weighted by molar-refractivity contribution is 0.590. The molecule has 0 radical (unpaired) electrons. The van der Waals surface area contributed by atoms with Crippen LogP contribution in [0.25, 0.3) is 22.6 Å². The average molecular weight is 284 g/mol. The fourth-order valence-corrected chi connectivity index (χ4v) is 2.24. The molecule has 0 saturated carbocycles. The van der Waals surface area contributed by atoms with Crippen LogP contribution in [0.2, 0.25) is 0 Å². The van der Waals surface area contributed by atoms with Gasteiger partial charge in [0.15, 0.2) is 5.58 Å². The molecule has 1 heterocycles. The third-order valence-corrected chi connectivity index (χ3v) is 3.50. The van der Waals surface area contributed by atoms with Crippen molar-refractivity contribution in [3.8, 4) is 11.5 Å². The molecule has 108 valence electrons. The lowest BCUT2D eigenvalue weighted by Gasteiger charge is -2.18. The number of nitrogens with two attached hydrogens (primary N) is 1. The highest BCUT2D eigenvalue weighted by Crippen LogP contribution is 2.31. The number of fused-ring (bicyclic) bond motifs is 1. The largest absolute Gasteiger partial charge is 0.436 e. The number of halogens is 1. The van der Waals surface area contributed by atoms with Crippen molar-refractivity contribution in [1.82, 2.24) is 4.98 Å². The van der Waals surface area contributed by atoms with Gasteiger partial charge in [-0.3, -0.25) is 0 Å². The summed E-state index contributed by atoms with van der Waals surface area (Å²) >= 11 is 0. The van der Waals surface area contributed by atoms with Gasteiger partial charge in [-0.2, -0.15) is 0 Å². The Morgan fingerprint density at radius 2 is 1.86 bits per heavy atom. The van der Waals surface area contributed by atoms with Gasteiger partial charge < -0.3 is 10.2 Å². The molecule has 0 amide bonds. The van der Waals surface area contributed by atoms with Gasteiger partial charge in [0.05, 0.1) is 5.56 Å². The van der Waals surface area contributed by atoms with Crippen LogP contribution in [0.15, 0.2) is 40.8 Å². The van der Waals surface area contributed by atoms with Crippen molar-refractivity contribution in [2.75, 3.05) is 5.73 Å². The molecule has 4 heteroatoms. The lowest BCUT2D eigenvalue weighted by atomic mass is 9.87. The number of nitrogen functional groups attached to an aromatic ring is 1. The normalized spacial score (nSPS) is 12.0. The molecule has 1 aromatic heterocycles. The molecule has 3 rings (SSSR count). The van der Waals surface area contributed by atoms with Crippen LogP contribution >= 0.6 is 0 Å². The van der Waals surface area contributed by atoms with E-state index >= 15 is 0 Å². The summed E-state index contributed by atoms with van der Waals surface area (Å²) in [4.78, 5) is 4.48. The Hall–Kier alpha value is -2.36. The number of aromatic nitrogens is 1. The van der Waals surface area contributed by atoms with Gasteiger partial charge in [0.2, 0.25) is 5.89 Å². The second-order valence-electron chi connectivity index (χ2n) is 6.18. The molecule has 21 heavy (non-hydrogen) atoms. The molecule has 0 fully saturated rings. The van der Waals surface area contributed by atoms with Crippen LogP contribution in [0.1, 0.15) is 26.3 Å². The first kappa shape index (κ1) is 13.6. The van der Waals surface area contributed by atoms with E-state index in [1.807, 2.05) is 18.2 Å². The summed E-state index contributed by atoms with van der Waals surface area (Å²) in [5.74, 6) is 0.0379. The number of anilines is 1. The quantitative estimate of drug-likeness (QED) is 0.669. The third-order valence-electron chi connectivity index (χ3n) is 3.50. The third kappa shape index (κ3) is 2.49. The number of rotatable bonds is 1. The second kappa shape index (κ2) is 4.58. The molecule has 0 aliphatic heterocycles. The Kier molecular flexibility index (Phi) is 2.97. The van der Waals surface area contributed by atoms with Crippen LogP contribution < -0.4 is 5.73 Å². The minimum atomic E-state index is -0.373. The van der Waals surface area contributed by atoms with Gasteiger partial charge in [0.1, 0.15) is 11.3 Å². The SMILES string of the molecule is CC(C)(C)c1ccc2oc(-c3ccc(F)cc3N)nc2c1. The monoisotopic (exact) mass is 284 g/mol. The van der Waals surface area contributed by atoms with E-state index in [4.69, 9.17) is 10.2 Å². The second-order valence-corrected chi connectivity index (χ2v) is 6.18. The average Bonchev–Trinajstić information content (AvgIpc) is 2.79. The van der Waals surface area contributed by atoms with Crippen molar-refractivity contribution < 1.29 is 8.81 Å². The van der Waals surface area contributed by atoms with Gasteiger partial charge in [-0.25, -0.2) is 9.37 Å². The molecule has 2 aromatic carbocycles. The van der Waals surface area contributed by atoms with Gasteiger partial charge in [0, 0.05) is 5.69 Å². The van der Waals surface area contributed by atoms with E-state index in [0.29, 0.717) is 22.7 Å².